The van der Waals surface area contributed by atoms with Gasteiger partial charge in [-0.2, -0.15) is 0 Å². The molecule has 0 spiro atoms. The molecular formula is C23H19N3O2S. The largest absolute Gasteiger partial charge is 0.328 e. The van der Waals surface area contributed by atoms with Gasteiger partial charge in [0.15, 0.2) is 5.01 Å². The second-order valence-electron chi connectivity index (χ2n) is 7.20. The predicted octanol–water partition coefficient (Wildman–Crippen LogP) is 4.78. The Bertz CT molecular complexity index is 1250. The fourth-order valence-electron chi connectivity index (χ4n) is 3.81. The minimum Gasteiger partial charge on any atom is -0.328 e. The topological polar surface area (TPSA) is 74.8 Å². The maximum absolute atomic E-state index is 12.6. The van der Waals surface area contributed by atoms with Gasteiger partial charge in [-0.15, -0.1) is 11.3 Å². The van der Waals surface area contributed by atoms with Crippen molar-refractivity contribution in [1.82, 2.24) is 9.97 Å². The van der Waals surface area contributed by atoms with Crippen molar-refractivity contribution in [2.75, 3.05) is 5.32 Å². The number of benzene rings is 2. The number of nitrogens with zero attached hydrogens (tertiary/aromatic N) is 1. The molecule has 1 amide bonds. The third-order valence-corrected chi connectivity index (χ3v) is 6.46. The van der Waals surface area contributed by atoms with Crippen LogP contribution >= 0.6 is 11.3 Å². The molecule has 5 rings (SSSR count). The summed E-state index contributed by atoms with van der Waals surface area (Å²) >= 11 is 1.51. The maximum Gasteiger partial charge on any atom is 0.284 e. The lowest BCUT2D eigenvalue weighted by molar-refractivity contribution is 0.102. The van der Waals surface area contributed by atoms with Crippen molar-refractivity contribution in [2.45, 2.75) is 25.7 Å². The number of hydrogen-bond donors (Lipinski definition) is 2. The zero-order valence-corrected chi connectivity index (χ0v) is 16.5. The number of H-pyrrole nitrogens is 1. The summed E-state index contributed by atoms with van der Waals surface area (Å²) in [6.07, 6.45) is 6.07. The first-order valence-corrected chi connectivity index (χ1v) is 10.5. The number of hydrogen-bond acceptors (Lipinski definition) is 4. The summed E-state index contributed by atoms with van der Waals surface area (Å²) in [4.78, 5) is 33.2. The van der Waals surface area contributed by atoms with Gasteiger partial charge in [0, 0.05) is 27.7 Å². The van der Waals surface area contributed by atoms with Crippen molar-refractivity contribution in [2.24, 2.45) is 0 Å². The molecule has 0 saturated heterocycles. The van der Waals surface area contributed by atoms with Crippen molar-refractivity contribution >= 4 is 33.7 Å². The van der Waals surface area contributed by atoms with Gasteiger partial charge in [0.1, 0.15) is 0 Å². The number of thiazole rings is 1. The van der Waals surface area contributed by atoms with E-state index in [0.29, 0.717) is 10.4 Å². The molecule has 6 heteroatoms. The van der Waals surface area contributed by atoms with Gasteiger partial charge in [-0.3, -0.25) is 9.59 Å². The molecule has 5 nitrogen and oxygen atoms in total. The number of pyridine rings is 1. The van der Waals surface area contributed by atoms with E-state index in [2.05, 4.69) is 15.3 Å². The molecule has 2 N–H and O–H groups in total. The number of nitrogens with one attached hydrogen (secondary N) is 2. The van der Waals surface area contributed by atoms with Gasteiger partial charge in [0.05, 0.1) is 5.69 Å². The number of aryl methyl sites for hydroxylation is 2. The molecule has 0 radical (unpaired) electrons. The van der Waals surface area contributed by atoms with Crippen LogP contribution in [0.25, 0.3) is 21.9 Å². The number of aromatic nitrogens is 2. The molecule has 0 aliphatic heterocycles. The highest BCUT2D eigenvalue weighted by Crippen LogP contribution is 2.29. The fraction of sp³-hybridized carbons (Fsp3) is 0.174. The van der Waals surface area contributed by atoms with E-state index in [1.54, 1.807) is 6.20 Å². The first-order valence-electron chi connectivity index (χ1n) is 9.70. The molecule has 0 atom stereocenters. The lowest BCUT2D eigenvalue weighted by atomic mass is 10.0. The van der Waals surface area contributed by atoms with Crippen molar-refractivity contribution in [3.8, 4) is 11.1 Å². The normalized spacial score (nSPS) is 13.2. The third-order valence-electron chi connectivity index (χ3n) is 5.30. The van der Waals surface area contributed by atoms with Crippen LogP contribution in [0.1, 0.15) is 33.2 Å². The fourth-order valence-corrected chi connectivity index (χ4v) is 4.86. The van der Waals surface area contributed by atoms with Gasteiger partial charge < -0.3 is 10.3 Å². The maximum atomic E-state index is 12.6. The molecule has 2 aromatic heterocycles. The smallest absolute Gasteiger partial charge is 0.284 e. The van der Waals surface area contributed by atoms with E-state index in [1.807, 2.05) is 48.5 Å². The number of anilines is 1. The van der Waals surface area contributed by atoms with E-state index >= 15 is 0 Å². The predicted molar refractivity (Wildman–Crippen MR) is 117 cm³/mol. The van der Waals surface area contributed by atoms with Crippen LogP contribution in [-0.4, -0.2) is 15.9 Å². The Balaban J connectivity index is 1.40. The standard InChI is InChI=1S/C23H19N3O2S/c27-21-17-6-2-1-5-16(17)18(13-24-21)14-9-11-15(12-10-14)25-22(28)23-26-19-7-3-4-8-20(19)29-23/h1-2,5-6,9-13H,3-4,7-8H2,(H,24,27)(H,25,28). The van der Waals surface area contributed by atoms with Crippen molar-refractivity contribution < 1.29 is 4.79 Å². The number of fused-ring (bicyclic) bond motifs is 2. The van der Waals surface area contributed by atoms with E-state index in [4.69, 9.17) is 0 Å². The van der Waals surface area contributed by atoms with Gasteiger partial charge >= 0.3 is 0 Å². The van der Waals surface area contributed by atoms with Gasteiger partial charge in [-0.1, -0.05) is 30.3 Å². The Morgan fingerprint density at radius 3 is 2.55 bits per heavy atom. The Hall–Kier alpha value is -3.25. The lowest BCUT2D eigenvalue weighted by Gasteiger charge is -2.08. The van der Waals surface area contributed by atoms with Gasteiger partial charge in [0.25, 0.3) is 11.5 Å². The molecule has 2 aromatic carbocycles. The first kappa shape index (κ1) is 17.8. The lowest BCUT2D eigenvalue weighted by Crippen LogP contribution is -2.11. The summed E-state index contributed by atoms with van der Waals surface area (Å²) in [6, 6.07) is 15.2. The van der Waals surface area contributed by atoms with Crippen LogP contribution in [0, 0.1) is 0 Å². The number of rotatable bonds is 3. The molecule has 4 aromatic rings. The molecule has 0 unspecified atom stereocenters. The monoisotopic (exact) mass is 401 g/mol. The second kappa shape index (κ2) is 7.29. The molecule has 29 heavy (non-hydrogen) atoms. The quantitative estimate of drug-likeness (QED) is 0.519. The summed E-state index contributed by atoms with van der Waals surface area (Å²) in [7, 11) is 0. The van der Waals surface area contributed by atoms with Crippen LogP contribution in [0.15, 0.2) is 59.5 Å². The zero-order chi connectivity index (χ0) is 19.8. The minimum atomic E-state index is -0.161. The SMILES string of the molecule is O=C(Nc1ccc(-c2c[nH]c(=O)c3ccccc23)cc1)c1nc2c(s1)CCCC2. The van der Waals surface area contributed by atoms with Gasteiger partial charge in [0.2, 0.25) is 0 Å². The summed E-state index contributed by atoms with van der Waals surface area (Å²) in [5.74, 6) is -0.161. The molecule has 1 aliphatic rings. The first-order chi connectivity index (χ1) is 14.2. The Morgan fingerprint density at radius 2 is 1.76 bits per heavy atom. The molecule has 144 valence electrons. The van der Waals surface area contributed by atoms with Crippen LogP contribution in [0.4, 0.5) is 5.69 Å². The Morgan fingerprint density at radius 1 is 1.00 bits per heavy atom. The van der Waals surface area contributed by atoms with Crippen molar-refractivity contribution in [3.05, 3.63) is 80.7 Å². The molecule has 0 saturated carbocycles. The van der Waals surface area contributed by atoms with Crippen LogP contribution in [0.3, 0.4) is 0 Å². The Kier molecular flexibility index (Phi) is 4.48. The summed E-state index contributed by atoms with van der Waals surface area (Å²) in [5, 5.41) is 5.04. The van der Waals surface area contributed by atoms with Crippen molar-refractivity contribution in [3.63, 3.8) is 0 Å². The highest BCUT2D eigenvalue weighted by molar-refractivity contribution is 7.13. The minimum absolute atomic E-state index is 0.0978. The average molecular weight is 401 g/mol. The molecule has 2 heterocycles. The number of aromatic amines is 1. The molecule has 0 bridgehead atoms. The molecule has 0 fully saturated rings. The molecular weight excluding hydrogens is 382 g/mol. The zero-order valence-electron chi connectivity index (χ0n) is 15.7. The van der Waals surface area contributed by atoms with E-state index < -0.39 is 0 Å². The Labute approximate surface area is 171 Å². The van der Waals surface area contributed by atoms with Crippen LogP contribution in [-0.2, 0) is 12.8 Å². The van der Waals surface area contributed by atoms with Crippen LogP contribution < -0.4 is 10.9 Å². The summed E-state index contributed by atoms with van der Waals surface area (Å²) < 4.78 is 0. The van der Waals surface area contributed by atoms with Gasteiger partial charge in [-0.05, 0) is 54.8 Å². The van der Waals surface area contributed by atoms with E-state index in [0.717, 1.165) is 47.2 Å². The van der Waals surface area contributed by atoms with Crippen molar-refractivity contribution in [1.29, 1.82) is 0 Å². The second-order valence-corrected chi connectivity index (χ2v) is 8.29. The van der Waals surface area contributed by atoms with Crippen LogP contribution in [0.5, 0.6) is 0 Å². The number of amides is 1. The van der Waals surface area contributed by atoms with E-state index in [-0.39, 0.29) is 11.5 Å². The van der Waals surface area contributed by atoms with E-state index in [1.165, 1.54) is 22.6 Å². The average Bonchev–Trinajstić information content (AvgIpc) is 3.20. The van der Waals surface area contributed by atoms with Gasteiger partial charge in [-0.25, -0.2) is 4.98 Å². The highest BCUT2D eigenvalue weighted by atomic mass is 32.1. The van der Waals surface area contributed by atoms with E-state index in [9.17, 15) is 9.59 Å². The van der Waals surface area contributed by atoms with Crippen LogP contribution in [0.2, 0.25) is 0 Å². The summed E-state index contributed by atoms with van der Waals surface area (Å²) in [6.45, 7) is 0. The number of carbonyl (C=O) groups excluding carboxylic acids is 1. The molecule has 1 aliphatic carbocycles. The summed E-state index contributed by atoms with van der Waals surface area (Å²) in [5.41, 5.74) is 3.64. The highest BCUT2D eigenvalue weighted by Gasteiger charge is 2.19. The third kappa shape index (κ3) is 3.36. The number of carbonyl (C=O) groups is 1.